The lowest BCUT2D eigenvalue weighted by atomic mass is 10.1. The highest BCUT2D eigenvalue weighted by atomic mass is 16.5. The lowest BCUT2D eigenvalue weighted by Gasteiger charge is -2.27. The van der Waals surface area contributed by atoms with Crippen LogP contribution in [0.25, 0.3) is 10.8 Å². The molecular formula is C22H26N4O2. The Bertz CT molecular complexity index is 995. The molecule has 0 spiro atoms. The normalized spacial score (nSPS) is 14.1. The Morgan fingerprint density at radius 2 is 1.96 bits per heavy atom. The van der Waals surface area contributed by atoms with Gasteiger partial charge < -0.3 is 10.1 Å². The van der Waals surface area contributed by atoms with Crippen LogP contribution in [0.5, 0.6) is 5.75 Å². The zero-order valence-corrected chi connectivity index (χ0v) is 16.4. The van der Waals surface area contributed by atoms with Crippen molar-refractivity contribution in [2.24, 2.45) is 0 Å². The van der Waals surface area contributed by atoms with Crippen LogP contribution in [0.15, 0.2) is 42.5 Å². The smallest absolute Gasteiger partial charge is 0.220 e. The van der Waals surface area contributed by atoms with Gasteiger partial charge in [-0.3, -0.25) is 14.4 Å². The Kier molecular flexibility index (Phi) is 5.30. The van der Waals surface area contributed by atoms with Crippen molar-refractivity contribution in [2.45, 2.75) is 39.5 Å². The number of methoxy groups -OCH3 is 1. The predicted molar refractivity (Wildman–Crippen MR) is 109 cm³/mol. The molecule has 6 nitrogen and oxygen atoms in total. The van der Waals surface area contributed by atoms with Gasteiger partial charge in [0.05, 0.1) is 31.6 Å². The molecule has 1 amide bonds. The van der Waals surface area contributed by atoms with Gasteiger partial charge in [-0.2, -0.15) is 5.10 Å². The van der Waals surface area contributed by atoms with Gasteiger partial charge in [0.25, 0.3) is 0 Å². The molecule has 0 unspecified atom stereocenters. The van der Waals surface area contributed by atoms with Gasteiger partial charge in [0, 0.05) is 26.1 Å². The minimum atomic E-state index is 0.0570. The number of benzene rings is 2. The van der Waals surface area contributed by atoms with Crippen molar-refractivity contribution in [3.05, 3.63) is 59.4 Å². The van der Waals surface area contributed by atoms with Gasteiger partial charge in [0.2, 0.25) is 5.91 Å². The van der Waals surface area contributed by atoms with E-state index in [9.17, 15) is 4.79 Å². The van der Waals surface area contributed by atoms with Crippen LogP contribution in [-0.2, 0) is 31.0 Å². The largest absolute Gasteiger partial charge is 0.497 e. The summed E-state index contributed by atoms with van der Waals surface area (Å²) in [4.78, 5) is 13.9. The number of aromatic nitrogens is 2. The molecule has 1 aliphatic heterocycles. The van der Waals surface area contributed by atoms with Crippen LogP contribution < -0.4 is 10.1 Å². The Labute approximate surface area is 165 Å². The molecule has 0 bridgehead atoms. The van der Waals surface area contributed by atoms with Crippen molar-refractivity contribution >= 4 is 16.7 Å². The van der Waals surface area contributed by atoms with E-state index in [0.29, 0.717) is 13.0 Å². The number of hydrogen-bond donors (Lipinski definition) is 1. The van der Waals surface area contributed by atoms with E-state index < -0.39 is 0 Å². The van der Waals surface area contributed by atoms with E-state index >= 15 is 0 Å². The van der Waals surface area contributed by atoms with E-state index in [4.69, 9.17) is 4.74 Å². The second-order valence-corrected chi connectivity index (χ2v) is 7.24. The molecule has 146 valence electrons. The van der Waals surface area contributed by atoms with Gasteiger partial charge in [-0.15, -0.1) is 0 Å². The van der Waals surface area contributed by atoms with E-state index in [1.54, 1.807) is 7.11 Å². The van der Waals surface area contributed by atoms with E-state index in [1.165, 1.54) is 22.0 Å². The third kappa shape index (κ3) is 4.02. The van der Waals surface area contributed by atoms with E-state index in [1.807, 2.05) is 13.0 Å². The molecule has 6 heteroatoms. The molecule has 4 rings (SSSR count). The van der Waals surface area contributed by atoms with Crippen LogP contribution in [-0.4, -0.2) is 34.2 Å². The van der Waals surface area contributed by atoms with Crippen LogP contribution in [0.4, 0.5) is 0 Å². The first-order chi connectivity index (χ1) is 13.6. The summed E-state index contributed by atoms with van der Waals surface area (Å²) in [6, 6.07) is 14.9. The Hall–Kier alpha value is -2.86. The standard InChI is InChI=1S/C22H26N4O2/c1-3-22(27)23-13-19-12-20-15-25(8-9-26(20)24-19)14-16-4-5-18-11-21(28-2)7-6-17(18)10-16/h4-7,10-12H,3,8-9,13-15H2,1-2H3,(H,23,27). The maximum Gasteiger partial charge on any atom is 0.220 e. The molecule has 0 atom stereocenters. The lowest BCUT2D eigenvalue weighted by molar-refractivity contribution is -0.120. The predicted octanol–water partition coefficient (Wildman–Crippen LogP) is 3.09. The molecule has 0 aliphatic carbocycles. The van der Waals surface area contributed by atoms with E-state index in [2.05, 4.69) is 56.4 Å². The van der Waals surface area contributed by atoms with Crippen LogP contribution in [0, 0.1) is 0 Å². The number of carbonyl (C=O) groups excluding carboxylic acids is 1. The summed E-state index contributed by atoms with van der Waals surface area (Å²) in [5, 5.41) is 9.94. The van der Waals surface area contributed by atoms with Crippen molar-refractivity contribution in [2.75, 3.05) is 13.7 Å². The molecular weight excluding hydrogens is 352 g/mol. The SMILES string of the molecule is CCC(=O)NCc1cc2n(n1)CCN(Cc1ccc3cc(OC)ccc3c1)C2. The highest BCUT2D eigenvalue weighted by Gasteiger charge is 2.18. The van der Waals surface area contributed by atoms with Crippen molar-refractivity contribution < 1.29 is 9.53 Å². The second kappa shape index (κ2) is 8.02. The Morgan fingerprint density at radius 1 is 1.14 bits per heavy atom. The topological polar surface area (TPSA) is 59.4 Å². The summed E-state index contributed by atoms with van der Waals surface area (Å²) in [6.07, 6.45) is 0.500. The van der Waals surface area contributed by atoms with Crippen molar-refractivity contribution in [3.63, 3.8) is 0 Å². The summed E-state index contributed by atoms with van der Waals surface area (Å²) in [7, 11) is 1.69. The van der Waals surface area contributed by atoms with Crippen LogP contribution >= 0.6 is 0 Å². The first-order valence-corrected chi connectivity index (χ1v) is 9.76. The molecule has 1 N–H and O–H groups in total. The fourth-order valence-corrected chi connectivity index (χ4v) is 3.67. The Balaban J connectivity index is 1.42. The molecule has 2 aromatic carbocycles. The summed E-state index contributed by atoms with van der Waals surface area (Å²) in [6.45, 7) is 5.98. The molecule has 0 radical (unpaired) electrons. The third-order valence-corrected chi connectivity index (χ3v) is 5.23. The molecule has 28 heavy (non-hydrogen) atoms. The number of nitrogens with zero attached hydrogens (tertiary/aromatic N) is 3. The molecule has 3 aromatic rings. The lowest BCUT2D eigenvalue weighted by Crippen LogP contribution is -2.33. The highest BCUT2D eigenvalue weighted by molar-refractivity contribution is 5.84. The maximum absolute atomic E-state index is 11.5. The van der Waals surface area contributed by atoms with Gasteiger partial charge >= 0.3 is 0 Å². The molecule has 1 aliphatic rings. The fraction of sp³-hybridized carbons (Fsp3) is 0.364. The zero-order chi connectivity index (χ0) is 19.5. The van der Waals surface area contributed by atoms with Gasteiger partial charge in [-0.1, -0.05) is 25.1 Å². The first-order valence-electron chi connectivity index (χ1n) is 9.76. The number of amides is 1. The van der Waals surface area contributed by atoms with Crippen LogP contribution in [0.3, 0.4) is 0 Å². The van der Waals surface area contributed by atoms with Crippen LogP contribution in [0.2, 0.25) is 0 Å². The van der Waals surface area contributed by atoms with Crippen molar-refractivity contribution in [1.29, 1.82) is 0 Å². The number of hydrogen-bond acceptors (Lipinski definition) is 4. The summed E-state index contributed by atoms with van der Waals surface area (Å²) < 4.78 is 7.37. The third-order valence-electron chi connectivity index (χ3n) is 5.23. The maximum atomic E-state index is 11.5. The molecule has 0 fully saturated rings. The number of fused-ring (bicyclic) bond motifs is 2. The molecule has 0 saturated heterocycles. The quantitative estimate of drug-likeness (QED) is 0.716. The van der Waals surface area contributed by atoms with Gasteiger partial charge in [-0.25, -0.2) is 0 Å². The van der Waals surface area contributed by atoms with Crippen LogP contribution in [0.1, 0.15) is 30.3 Å². The summed E-state index contributed by atoms with van der Waals surface area (Å²) in [5.41, 5.74) is 3.44. The number of carbonyl (C=O) groups is 1. The average Bonchev–Trinajstić information content (AvgIpc) is 3.13. The molecule has 2 heterocycles. The highest BCUT2D eigenvalue weighted by Crippen LogP contribution is 2.23. The Morgan fingerprint density at radius 3 is 2.79 bits per heavy atom. The van der Waals surface area contributed by atoms with Crippen molar-refractivity contribution in [1.82, 2.24) is 20.0 Å². The van der Waals surface area contributed by atoms with Gasteiger partial charge in [0.15, 0.2) is 0 Å². The number of nitrogens with one attached hydrogen (secondary N) is 1. The van der Waals surface area contributed by atoms with Crippen molar-refractivity contribution in [3.8, 4) is 5.75 Å². The van der Waals surface area contributed by atoms with Gasteiger partial charge in [0.1, 0.15) is 5.75 Å². The molecule has 1 aromatic heterocycles. The second-order valence-electron chi connectivity index (χ2n) is 7.24. The summed E-state index contributed by atoms with van der Waals surface area (Å²) >= 11 is 0. The average molecular weight is 378 g/mol. The minimum Gasteiger partial charge on any atom is -0.497 e. The number of rotatable bonds is 6. The monoisotopic (exact) mass is 378 g/mol. The van der Waals surface area contributed by atoms with E-state index in [0.717, 1.165) is 37.6 Å². The number of ether oxygens (including phenoxy) is 1. The fourth-order valence-electron chi connectivity index (χ4n) is 3.67. The van der Waals surface area contributed by atoms with Gasteiger partial charge in [-0.05, 0) is 40.6 Å². The first kappa shape index (κ1) is 18.5. The zero-order valence-electron chi connectivity index (χ0n) is 16.4. The molecule has 0 saturated carbocycles. The van der Waals surface area contributed by atoms with E-state index in [-0.39, 0.29) is 5.91 Å². The minimum absolute atomic E-state index is 0.0570. The summed E-state index contributed by atoms with van der Waals surface area (Å²) in [5.74, 6) is 0.942.